The number of nitrogens with one attached hydrogen (secondary N) is 1. The van der Waals surface area contributed by atoms with Gasteiger partial charge >= 0.3 is 0 Å². The number of nitrogens with two attached hydrogens (primary N) is 1. The van der Waals surface area contributed by atoms with Crippen molar-refractivity contribution >= 4 is 5.91 Å². The van der Waals surface area contributed by atoms with Crippen molar-refractivity contribution in [3.63, 3.8) is 0 Å². The summed E-state index contributed by atoms with van der Waals surface area (Å²) >= 11 is 0. The largest absolute Gasteiger partial charge is 0.507 e. The summed E-state index contributed by atoms with van der Waals surface area (Å²) < 4.78 is 12.9. The van der Waals surface area contributed by atoms with E-state index in [0.29, 0.717) is 13.1 Å². The number of halogens is 1. The van der Waals surface area contributed by atoms with E-state index in [2.05, 4.69) is 5.32 Å². The van der Waals surface area contributed by atoms with Gasteiger partial charge in [0, 0.05) is 12.0 Å². The molecule has 5 heteroatoms. The molecular formula is C12H15FN2O2. The van der Waals surface area contributed by atoms with Crippen molar-refractivity contribution in [1.82, 2.24) is 5.32 Å². The Hall–Kier alpha value is -1.62. The van der Waals surface area contributed by atoms with Crippen LogP contribution in [0.5, 0.6) is 5.75 Å². The molecule has 17 heavy (non-hydrogen) atoms. The second kappa shape index (κ2) is 4.33. The topological polar surface area (TPSA) is 75.3 Å². The smallest absolute Gasteiger partial charge is 0.255 e. The third-order valence-electron chi connectivity index (χ3n) is 3.22. The molecular weight excluding hydrogens is 223 g/mol. The average Bonchev–Trinajstić information content (AvgIpc) is 3.10. The lowest BCUT2D eigenvalue weighted by molar-refractivity contribution is 0.0942. The molecule has 1 aliphatic rings. The van der Waals surface area contributed by atoms with Crippen LogP contribution in [-0.4, -0.2) is 24.1 Å². The normalized spacial score (nSPS) is 16.6. The minimum Gasteiger partial charge on any atom is -0.507 e. The summed E-state index contributed by atoms with van der Waals surface area (Å²) in [7, 11) is 0. The van der Waals surface area contributed by atoms with E-state index in [1.54, 1.807) is 0 Å². The predicted molar refractivity (Wildman–Crippen MR) is 61.1 cm³/mol. The van der Waals surface area contributed by atoms with Crippen molar-refractivity contribution in [2.45, 2.75) is 12.8 Å². The molecule has 0 atom stereocenters. The molecule has 4 nitrogen and oxygen atoms in total. The molecule has 0 aliphatic heterocycles. The number of rotatable bonds is 4. The first kappa shape index (κ1) is 11.9. The van der Waals surface area contributed by atoms with Crippen LogP contribution < -0.4 is 11.1 Å². The van der Waals surface area contributed by atoms with Crippen molar-refractivity contribution in [3.8, 4) is 5.75 Å². The number of phenolic OH excluding ortho intramolecular Hbond substituents is 1. The average molecular weight is 238 g/mol. The molecule has 0 bridgehead atoms. The summed E-state index contributed by atoms with van der Waals surface area (Å²) in [4.78, 5) is 11.7. The van der Waals surface area contributed by atoms with Gasteiger partial charge in [0.25, 0.3) is 5.91 Å². The van der Waals surface area contributed by atoms with E-state index in [9.17, 15) is 14.3 Å². The van der Waals surface area contributed by atoms with Crippen molar-refractivity contribution in [3.05, 3.63) is 29.6 Å². The zero-order valence-corrected chi connectivity index (χ0v) is 9.37. The quantitative estimate of drug-likeness (QED) is 0.732. The fraction of sp³-hybridized carbons (Fsp3) is 0.417. The molecule has 4 N–H and O–H groups in total. The van der Waals surface area contributed by atoms with Gasteiger partial charge in [-0.2, -0.15) is 0 Å². The number of benzene rings is 1. The van der Waals surface area contributed by atoms with Crippen LogP contribution in [0.15, 0.2) is 18.2 Å². The first-order valence-corrected chi connectivity index (χ1v) is 5.53. The van der Waals surface area contributed by atoms with Crippen LogP contribution in [-0.2, 0) is 0 Å². The van der Waals surface area contributed by atoms with Crippen molar-refractivity contribution < 1.29 is 14.3 Å². The van der Waals surface area contributed by atoms with E-state index in [1.807, 2.05) is 0 Å². The maximum atomic E-state index is 12.9. The van der Waals surface area contributed by atoms with Crippen molar-refractivity contribution in [2.75, 3.05) is 13.1 Å². The fourth-order valence-corrected chi connectivity index (χ4v) is 1.68. The summed E-state index contributed by atoms with van der Waals surface area (Å²) in [5.41, 5.74) is 5.56. The van der Waals surface area contributed by atoms with Crippen LogP contribution in [0.1, 0.15) is 23.2 Å². The van der Waals surface area contributed by atoms with Gasteiger partial charge in [0.1, 0.15) is 11.6 Å². The van der Waals surface area contributed by atoms with Crippen LogP contribution in [0, 0.1) is 11.2 Å². The fourth-order valence-electron chi connectivity index (χ4n) is 1.68. The maximum Gasteiger partial charge on any atom is 0.255 e. The van der Waals surface area contributed by atoms with E-state index in [4.69, 9.17) is 5.73 Å². The standard InChI is InChI=1S/C12H15FN2O2/c13-8-1-2-10(16)9(5-8)11(17)15-7-12(6-14)3-4-12/h1-2,5,16H,3-4,6-7,14H2,(H,15,17). The van der Waals surface area contributed by atoms with Crippen LogP contribution in [0.2, 0.25) is 0 Å². The summed E-state index contributed by atoms with van der Waals surface area (Å²) in [5, 5.41) is 12.1. The molecule has 1 saturated carbocycles. The van der Waals surface area contributed by atoms with E-state index in [-0.39, 0.29) is 16.7 Å². The Morgan fingerprint density at radius 1 is 1.53 bits per heavy atom. The molecule has 0 aromatic heterocycles. The highest BCUT2D eigenvalue weighted by Gasteiger charge is 2.41. The van der Waals surface area contributed by atoms with Crippen LogP contribution in [0.4, 0.5) is 4.39 Å². The lowest BCUT2D eigenvalue weighted by Gasteiger charge is -2.13. The Morgan fingerprint density at radius 3 is 2.82 bits per heavy atom. The highest BCUT2D eigenvalue weighted by Crippen LogP contribution is 2.43. The molecule has 1 amide bonds. The SMILES string of the molecule is NCC1(CNC(=O)c2cc(F)ccc2O)CC1. The number of carbonyl (C=O) groups is 1. The number of phenols is 1. The van der Waals surface area contributed by atoms with Gasteiger partial charge in [-0.25, -0.2) is 4.39 Å². The zero-order chi connectivity index (χ0) is 12.5. The lowest BCUT2D eigenvalue weighted by Crippen LogP contribution is -2.33. The molecule has 1 aromatic carbocycles. The molecule has 0 heterocycles. The van der Waals surface area contributed by atoms with Gasteiger partial charge in [0.15, 0.2) is 0 Å². The Bertz CT molecular complexity index is 444. The summed E-state index contributed by atoms with van der Waals surface area (Å²) in [6, 6.07) is 3.29. The van der Waals surface area contributed by atoms with Gasteiger partial charge in [0.05, 0.1) is 5.56 Å². The zero-order valence-electron chi connectivity index (χ0n) is 9.37. The van der Waals surface area contributed by atoms with Gasteiger partial charge in [-0.3, -0.25) is 4.79 Å². The van der Waals surface area contributed by atoms with Gasteiger partial charge in [-0.1, -0.05) is 0 Å². The van der Waals surface area contributed by atoms with E-state index < -0.39 is 11.7 Å². The van der Waals surface area contributed by atoms with E-state index in [0.717, 1.165) is 25.0 Å². The lowest BCUT2D eigenvalue weighted by atomic mass is 10.1. The Labute approximate surface area is 98.6 Å². The van der Waals surface area contributed by atoms with Gasteiger partial charge in [-0.15, -0.1) is 0 Å². The second-order valence-corrected chi connectivity index (χ2v) is 4.55. The highest BCUT2D eigenvalue weighted by molar-refractivity contribution is 5.96. The van der Waals surface area contributed by atoms with Gasteiger partial charge in [-0.05, 0) is 37.6 Å². The molecule has 92 valence electrons. The Kier molecular flexibility index (Phi) is 3.02. The summed E-state index contributed by atoms with van der Waals surface area (Å²) in [6.07, 6.45) is 2.00. The number of hydrogen-bond donors (Lipinski definition) is 3. The summed E-state index contributed by atoms with van der Waals surface area (Å²) in [5.74, 6) is -1.24. The molecule has 2 rings (SSSR count). The van der Waals surface area contributed by atoms with Crippen LogP contribution in [0.3, 0.4) is 0 Å². The third kappa shape index (κ3) is 2.55. The number of aromatic hydroxyl groups is 1. The van der Waals surface area contributed by atoms with E-state index >= 15 is 0 Å². The monoisotopic (exact) mass is 238 g/mol. The molecule has 0 saturated heterocycles. The molecule has 0 unspecified atom stereocenters. The Balaban J connectivity index is 2.02. The van der Waals surface area contributed by atoms with Crippen molar-refractivity contribution in [1.29, 1.82) is 0 Å². The van der Waals surface area contributed by atoms with Crippen LogP contribution in [0.25, 0.3) is 0 Å². The molecule has 0 spiro atoms. The second-order valence-electron chi connectivity index (χ2n) is 4.55. The molecule has 1 fully saturated rings. The van der Waals surface area contributed by atoms with Crippen LogP contribution >= 0.6 is 0 Å². The van der Waals surface area contributed by atoms with Gasteiger partial charge in [0.2, 0.25) is 0 Å². The molecule has 1 aromatic rings. The highest BCUT2D eigenvalue weighted by atomic mass is 19.1. The summed E-state index contributed by atoms with van der Waals surface area (Å²) in [6.45, 7) is 1.00. The first-order valence-electron chi connectivity index (χ1n) is 5.53. The van der Waals surface area contributed by atoms with Crippen molar-refractivity contribution in [2.24, 2.45) is 11.1 Å². The Morgan fingerprint density at radius 2 is 2.24 bits per heavy atom. The van der Waals surface area contributed by atoms with Gasteiger partial charge < -0.3 is 16.2 Å². The van der Waals surface area contributed by atoms with E-state index in [1.165, 1.54) is 6.07 Å². The maximum absolute atomic E-state index is 12.9. The molecule has 1 aliphatic carbocycles. The number of amides is 1. The minimum absolute atomic E-state index is 0.0125. The third-order valence-corrected chi connectivity index (χ3v) is 3.22. The minimum atomic E-state index is -0.548. The predicted octanol–water partition coefficient (Wildman–Crippen LogP) is 1.000. The number of carbonyl (C=O) groups excluding carboxylic acids is 1. The number of hydrogen-bond acceptors (Lipinski definition) is 3. The first-order chi connectivity index (χ1) is 8.06. The molecule has 0 radical (unpaired) electrons.